The first-order chi connectivity index (χ1) is 12.3. The quantitative estimate of drug-likeness (QED) is 0.840. The highest BCUT2D eigenvalue weighted by atomic mass is 32.1. The fourth-order valence-corrected chi connectivity index (χ4v) is 4.95. The van der Waals surface area contributed by atoms with Crippen molar-refractivity contribution < 1.29 is 0 Å². The van der Waals surface area contributed by atoms with Crippen LogP contribution in [0, 0.1) is 0 Å². The van der Waals surface area contributed by atoms with Crippen molar-refractivity contribution in [2.45, 2.75) is 51.0 Å². The van der Waals surface area contributed by atoms with Gasteiger partial charge in [0.15, 0.2) is 0 Å². The van der Waals surface area contributed by atoms with Crippen molar-refractivity contribution in [3.05, 3.63) is 22.8 Å². The van der Waals surface area contributed by atoms with Crippen molar-refractivity contribution in [3.8, 4) is 0 Å². The van der Waals surface area contributed by atoms with Crippen LogP contribution in [0.2, 0.25) is 0 Å². The standard InChI is InChI=1S/C18H26N6S/c1-22-16-5-3-2-4-14(16)15(20-22)12-23-8-10-24(11-9-23)18-19-17(21-25-18)13-6-7-13/h13H,2-12H2,1H3. The Balaban J connectivity index is 1.22. The minimum atomic E-state index is 0.654. The van der Waals surface area contributed by atoms with Crippen LogP contribution >= 0.6 is 11.5 Å². The molecule has 0 bridgehead atoms. The molecule has 1 aliphatic heterocycles. The predicted octanol–water partition coefficient (Wildman–Crippen LogP) is 2.35. The van der Waals surface area contributed by atoms with Crippen LogP contribution in [0.25, 0.3) is 0 Å². The summed E-state index contributed by atoms with van der Waals surface area (Å²) in [5.74, 6) is 1.74. The van der Waals surface area contributed by atoms with Gasteiger partial charge in [0.25, 0.3) is 0 Å². The van der Waals surface area contributed by atoms with Crippen LogP contribution in [-0.2, 0) is 26.4 Å². The fourth-order valence-electron chi connectivity index (χ4n) is 4.16. The Morgan fingerprint density at radius 2 is 1.88 bits per heavy atom. The van der Waals surface area contributed by atoms with Crippen LogP contribution < -0.4 is 4.90 Å². The fraction of sp³-hybridized carbons (Fsp3) is 0.722. The number of aromatic nitrogens is 4. The van der Waals surface area contributed by atoms with Gasteiger partial charge in [-0.1, -0.05) is 0 Å². The minimum absolute atomic E-state index is 0.654. The van der Waals surface area contributed by atoms with E-state index in [1.54, 1.807) is 11.5 Å². The number of nitrogens with zero attached hydrogens (tertiary/aromatic N) is 6. The lowest BCUT2D eigenvalue weighted by Crippen LogP contribution is -2.46. The van der Waals surface area contributed by atoms with Crippen molar-refractivity contribution in [1.29, 1.82) is 0 Å². The summed E-state index contributed by atoms with van der Waals surface area (Å²) in [5.41, 5.74) is 4.33. The van der Waals surface area contributed by atoms with E-state index in [1.165, 1.54) is 55.5 Å². The van der Waals surface area contributed by atoms with Gasteiger partial charge in [0.1, 0.15) is 5.82 Å². The molecular weight excluding hydrogens is 332 g/mol. The van der Waals surface area contributed by atoms with E-state index in [4.69, 9.17) is 10.1 Å². The highest BCUT2D eigenvalue weighted by Crippen LogP contribution is 2.39. The second kappa shape index (κ2) is 6.36. The smallest absolute Gasteiger partial charge is 0.205 e. The summed E-state index contributed by atoms with van der Waals surface area (Å²) in [6, 6.07) is 0. The highest BCUT2D eigenvalue weighted by molar-refractivity contribution is 7.09. The van der Waals surface area contributed by atoms with Gasteiger partial charge in [-0.15, -0.1) is 0 Å². The third-order valence-electron chi connectivity index (χ3n) is 5.84. The summed E-state index contributed by atoms with van der Waals surface area (Å²) in [4.78, 5) is 9.73. The van der Waals surface area contributed by atoms with E-state index in [9.17, 15) is 0 Å². The van der Waals surface area contributed by atoms with E-state index >= 15 is 0 Å². The Bertz CT molecular complexity index is 754. The summed E-state index contributed by atoms with van der Waals surface area (Å²) < 4.78 is 6.68. The van der Waals surface area contributed by atoms with Crippen molar-refractivity contribution >= 4 is 16.7 Å². The molecule has 3 heterocycles. The summed E-state index contributed by atoms with van der Waals surface area (Å²) in [7, 11) is 2.11. The van der Waals surface area contributed by atoms with Crippen LogP contribution in [0.3, 0.4) is 0 Å². The topological polar surface area (TPSA) is 50.1 Å². The van der Waals surface area contributed by atoms with Crippen LogP contribution in [0.15, 0.2) is 0 Å². The Labute approximate surface area is 153 Å². The van der Waals surface area contributed by atoms with Gasteiger partial charge in [-0.3, -0.25) is 9.58 Å². The van der Waals surface area contributed by atoms with E-state index in [-0.39, 0.29) is 0 Å². The Morgan fingerprint density at radius 3 is 2.68 bits per heavy atom. The first-order valence-corrected chi connectivity index (χ1v) is 10.4. The zero-order valence-corrected chi connectivity index (χ0v) is 15.8. The molecule has 2 aromatic rings. The normalized spacial score (nSPS) is 21.6. The third-order valence-corrected chi connectivity index (χ3v) is 6.63. The lowest BCUT2D eigenvalue weighted by atomic mass is 9.95. The number of rotatable bonds is 4. The first kappa shape index (κ1) is 15.8. The number of piperazine rings is 1. The Hall–Kier alpha value is -1.47. The van der Waals surface area contributed by atoms with E-state index in [0.717, 1.165) is 43.7 Å². The lowest BCUT2D eigenvalue weighted by Gasteiger charge is -2.34. The average molecular weight is 359 g/mol. The molecule has 2 aromatic heterocycles. The summed E-state index contributed by atoms with van der Waals surface area (Å²) in [5, 5.41) is 5.96. The molecule has 25 heavy (non-hydrogen) atoms. The molecule has 0 unspecified atom stereocenters. The number of hydrogen-bond acceptors (Lipinski definition) is 6. The SMILES string of the molecule is Cn1nc(CN2CCN(c3nc(C4CC4)ns3)CC2)c2c1CCCC2. The number of hydrogen-bond donors (Lipinski definition) is 0. The molecule has 0 amide bonds. The van der Waals surface area contributed by atoms with Gasteiger partial charge in [0.05, 0.1) is 5.69 Å². The Morgan fingerprint density at radius 1 is 1.08 bits per heavy atom. The molecular formula is C18H26N6S. The molecule has 0 spiro atoms. The second-order valence-electron chi connectivity index (χ2n) is 7.68. The van der Waals surface area contributed by atoms with Crippen LogP contribution in [0.5, 0.6) is 0 Å². The molecule has 2 fully saturated rings. The monoisotopic (exact) mass is 358 g/mol. The number of fused-ring (bicyclic) bond motifs is 1. The molecule has 2 aliphatic carbocycles. The summed E-state index contributed by atoms with van der Waals surface area (Å²) in [6.07, 6.45) is 7.60. The van der Waals surface area contributed by atoms with E-state index in [0.29, 0.717) is 5.92 Å². The molecule has 5 rings (SSSR count). The first-order valence-electron chi connectivity index (χ1n) is 9.62. The van der Waals surface area contributed by atoms with Crippen molar-refractivity contribution in [1.82, 2.24) is 24.0 Å². The van der Waals surface area contributed by atoms with Gasteiger partial charge in [0, 0.05) is 62.9 Å². The second-order valence-corrected chi connectivity index (χ2v) is 8.41. The molecule has 1 saturated carbocycles. The predicted molar refractivity (Wildman–Crippen MR) is 99.2 cm³/mol. The van der Waals surface area contributed by atoms with Gasteiger partial charge in [-0.2, -0.15) is 9.47 Å². The Kier molecular flexibility index (Phi) is 4.01. The molecule has 134 valence electrons. The van der Waals surface area contributed by atoms with E-state index in [1.807, 2.05) is 0 Å². The zero-order valence-electron chi connectivity index (χ0n) is 14.9. The van der Waals surface area contributed by atoms with Crippen LogP contribution in [0.1, 0.15) is 54.4 Å². The maximum Gasteiger partial charge on any atom is 0.205 e. The van der Waals surface area contributed by atoms with Gasteiger partial charge in [-0.05, 0) is 44.1 Å². The van der Waals surface area contributed by atoms with Crippen LogP contribution in [-0.4, -0.2) is 50.2 Å². The van der Waals surface area contributed by atoms with Gasteiger partial charge in [-0.25, -0.2) is 4.98 Å². The van der Waals surface area contributed by atoms with Gasteiger partial charge in [0.2, 0.25) is 5.13 Å². The van der Waals surface area contributed by atoms with Crippen molar-refractivity contribution in [2.75, 3.05) is 31.1 Å². The maximum atomic E-state index is 4.83. The molecule has 6 nitrogen and oxygen atoms in total. The largest absolute Gasteiger partial charge is 0.344 e. The van der Waals surface area contributed by atoms with E-state index in [2.05, 4.69) is 25.9 Å². The molecule has 1 saturated heterocycles. The zero-order chi connectivity index (χ0) is 16.8. The molecule has 0 N–H and O–H groups in total. The van der Waals surface area contributed by atoms with Crippen molar-refractivity contribution in [2.24, 2.45) is 7.05 Å². The van der Waals surface area contributed by atoms with E-state index < -0.39 is 0 Å². The number of aryl methyl sites for hydroxylation is 1. The average Bonchev–Trinajstić information content (AvgIpc) is 3.30. The third kappa shape index (κ3) is 3.08. The minimum Gasteiger partial charge on any atom is -0.344 e. The van der Waals surface area contributed by atoms with Crippen LogP contribution in [0.4, 0.5) is 5.13 Å². The molecule has 0 aromatic carbocycles. The molecule has 7 heteroatoms. The lowest BCUT2D eigenvalue weighted by molar-refractivity contribution is 0.245. The van der Waals surface area contributed by atoms with Gasteiger partial charge < -0.3 is 4.90 Å². The molecule has 3 aliphatic rings. The van der Waals surface area contributed by atoms with Crippen molar-refractivity contribution in [3.63, 3.8) is 0 Å². The highest BCUT2D eigenvalue weighted by Gasteiger charge is 2.29. The number of anilines is 1. The van der Waals surface area contributed by atoms with Gasteiger partial charge >= 0.3 is 0 Å². The summed E-state index contributed by atoms with van der Waals surface area (Å²) in [6.45, 7) is 5.27. The summed E-state index contributed by atoms with van der Waals surface area (Å²) >= 11 is 1.58. The molecule has 0 radical (unpaired) electrons. The maximum absolute atomic E-state index is 4.83. The molecule has 0 atom stereocenters.